The van der Waals surface area contributed by atoms with Crippen molar-refractivity contribution < 1.29 is 9.84 Å². The first-order valence-electron chi connectivity index (χ1n) is 9.30. The van der Waals surface area contributed by atoms with Gasteiger partial charge in [0.25, 0.3) is 0 Å². The SMILES string of the molecule is C#C[C@]1(O)CC[C@H]2[C@H]3CCc4cc(OC)ccc4[C@@H]3[C@H](C)C[C@]21C. The van der Waals surface area contributed by atoms with Crippen LogP contribution < -0.4 is 4.74 Å². The third-order valence-electron chi connectivity index (χ3n) is 7.61. The molecule has 2 heteroatoms. The Labute approximate surface area is 145 Å². The lowest BCUT2D eigenvalue weighted by molar-refractivity contribution is -0.0811. The van der Waals surface area contributed by atoms with Crippen molar-refractivity contribution in [3.8, 4) is 18.1 Å². The van der Waals surface area contributed by atoms with Gasteiger partial charge in [0.1, 0.15) is 11.4 Å². The number of ether oxygens (including phenoxy) is 1. The smallest absolute Gasteiger partial charge is 0.130 e. The largest absolute Gasteiger partial charge is 0.497 e. The molecule has 0 spiro atoms. The average molecular weight is 324 g/mol. The van der Waals surface area contributed by atoms with Gasteiger partial charge in [-0.15, -0.1) is 6.42 Å². The van der Waals surface area contributed by atoms with Crippen molar-refractivity contribution in [1.29, 1.82) is 0 Å². The molecule has 2 nitrogen and oxygen atoms in total. The number of hydrogen-bond donors (Lipinski definition) is 1. The molecule has 2 saturated carbocycles. The third-order valence-corrected chi connectivity index (χ3v) is 7.61. The minimum atomic E-state index is -0.920. The van der Waals surface area contributed by atoms with E-state index in [2.05, 4.69) is 38.0 Å². The van der Waals surface area contributed by atoms with Crippen molar-refractivity contribution >= 4 is 0 Å². The summed E-state index contributed by atoms with van der Waals surface area (Å²) in [4.78, 5) is 0. The molecule has 2 fully saturated rings. The molecular weight excluding hydrogens is 296 g/mol. The molecule has 4 rings (SSSR count). The van der Waals surface area contributed by atoms with Gasteiger partial charge < -0.3 is 9.84 Å². The van der Waals surface area contributed by atoms with Gasteiger partial charge in [0.2, 0.25) is 0 Å². The molecule has 3 aliphatic rings. The highest BCUT2D eigenvalue weighted by molar-refractivity contribution is 5.41. The number of aryl methyl sites for hydroxylation is 1. The van der Waals surface area contributed by atoms with E-state index >= 15 is 0 Å². The summed E-state index contributed by atoms with van der Waals surface area (Å²) in [5.74, 6) is 6.05. The molecule has 0 aromatic heterocycles. The van der Waals surface area contributed by atoms with E-state index in [9.17, 15) is 5.11 Å². The van der Waals surface area contributed by atoms with Gasteiger partial charge in [-0.05, 0) is 79.0 Å². The molecule has 24 heavy (non-hydrogen) atoms. The van der Waals surface area contributed by atoms with Gasteiger partial charge in [0.15, 0.2) is 0 Å². The number of terminal acetylenes is 1. The topological polar surface area (TPSA) is 29.5 Å². The van der Waals surface area contributed by atoms with Gasteiger partial charge in [0.05, 0.1) is 7.11 Å². The average Bonchev–Trinajstić information content (AvgIpc) is 2.85. The van der Waals surface area contributed by atoms with E-state index in [1.165, 1.54) is 17.5 Å². The van der Waals surface area contributed by atoms with Gasteiger partial charge in [-0.3, -0.25) is 0 Å². The van der Waals surface area contributed by atoms with Crippen molar-refractivity contribution in [3.05, 3.63) is 29.3 Å². The Morgan fingerprint density at radius 1 is 1.33 bits per heavy atom. The van der Waals surface area contributed by atoms with E-state index in [4.69, 9.17) is 11.2 Å². The van der Waals surface area contributed by atoms with Gasteiger partial charge in [-0.25, -0.2) is 0 Å². The van der Waals surface area contributed by atoms with Crippen molar-refractivity contribution in [2.24, 2.45) is 23.2 Å². The van der Waals surface area contributed by atoms with Crippen LogP contribution in [0.5, 0.6) is 5.75 Å². The molecule has 0 saturated heterocycles. The second-order valence-corrected chi connectivity index (χ2v) is 8.54. The van der Waals surface area contributed by atoms with Crippen molar-refractivity contribution in [2.75, 3.05) is 7.11 Å². The highest BCUT2D eigenvalue weighted by Gasteiger charge is 2.62. The van der Waals surface area contributed by atoms with Crippen LogP contribution in [-0.2, 0) is 6.42 Å². The van der Waals surface area contributed by atoms with Crippen LogP contribution in [0.4, 0.5) is 0 Å². The third kappa shape index (κ3) is 1.94. The lowest BCUT2D eigenvalue weighted by Gasteiger charge is -2.54. The summed E-state index contributed by atoms with van der Waals surface area (Å²) in [6, 6.07) is 6.61. The van der Waals surface area contributed by atoms with Crippen LogP contribution in [0.3, 0.4) is 0 Å². The van der Waals surface area contributed by atoms with Gasteiger partial charge >= 0.3 is 0 Å². The van der Waals surface area contributed by atoms with E-state index in [1.807, 2.05) is 0 Å². The van der Waals surface area contributed by atoms with Crippen molar-refractivity contribution in [2.45, 2.75) is 57.5 Å². The molecule has 6 atom stereocenters. The molecular formula is C22H28O2. The molecule has 1 aromatic rings. The molecule has 0 heterocycles. The zero-order valence-electron chi connectivity index (χ0n) is 15.0. The zero-order chi connectivity index (χ0) is 17.1. The molecule has 128 valence electrons. The predicted octanol–water partition coefficient (Wildman–Crippen LogP) is 4.16. The van der Waals surface area contributed by atoms with E-state index < -0.39 is 5.60 Å². The standard InChI is InChI=1S/C22H28O2/c1-5-22(23)11-10-19-18-8-6-15-12-16(24-4)7-9-17(15)20(18)14(2)13-21(19,22)3/h1,7,9,12,14,18-20,23H,6,8,10-11,13H2,2-4H3/t14-,18-,19+,20+,21-,22+/m1/s1. The van der Waals surface area contributed by atoms with E-state index in [1.54, 1.807) is 7.11 Å². The molecule has 3 aliphatic carbocycles. The highest BCUT2D eigenvalue weighted by atomic mass is 16.5. The molecule has 0 unspecified atom stereocenters. The Balaban J connectivity index is 1.75. The summed E-state index contributed by atoms with van der Waals surface area (Å²) >= 11 is 0. The normalized spacial score (nSPS) is 43.3. The minimum absolute atomic E-state index is 0.133. The second-order valence-electron chi connectivity index (χ2n) is 8.54. The lowest BCUT2D eigenvalue weighted by atomic mass is 9.50. The van der Waals surface area contributed by atoms with Gasteiger partial charge in [-0.2, -0.15) is 0 Å². The molecule has 0 bridgehead atoms. The molecule has 0 radical (unpaired) electrons. The summed E-state index contributed by atoms with van der Waals surface area (Å²) < 4.78 is 5.42. The van der Waals surface area contributed by atoms with Gasteiger partial charge in [0, 0.05) is 5.41 Å². The fourth-order valence-electron chi connectivity index (χ4n) is 6.48. The number of hydrogen-bond acceptors (Lipinski definition) is 2. The van der Waals surface area contributed by atoms with Crippen molar-refractivity contribution in [3.63, 3.8) is 0 Å². The van der Waals surface area contributed by atoms with Gasteiger partial charge in [-0.1, -0.05) is 25.8 Å². The molecule has 1 N–H and O–H groups in total. The zero-order valence-corrected chi connectivity index (χ0v) is 15.0. The number of fused-ring (bicyclic) bond motifs is 5. The molecule has 1 aromatic carbocycles. The number of benzene rings is 1. The van der Waals surface area contributed by atoms with E-state index in [0.29, 0.717) is 23.7 Å². The predicted molar refractivity (Wildman–Crippen MR) is 95.9 cm³/mol. The maximum atomic E-state index is 11.1. The summed E-state index contributed by atoms with van der Waals surface area (Å²) in [6.07, 6.45) is 10.9. The van der Waals surface area contributed by atoms with Crippen LogP contribution in [0.2, 0.25) is 0 Å². The highest BCUT2D eigenvalue weighted by Crippen LogP contribution is 2.65. The number of aliphatic hydroxyl groups is 1. The minimum Gasteiger partial charge on any atom is -0.497 e. The maximum absolute atomic E-state index is 11.1. The number of rotatable bonds is 1. The van der Waals surface area contributed by atoms with E-state index in [0.717, 1.165) is 31.4 Å². The summed E-state index contributed by atoms with van der Waals surface area (Å²) in [6.45, 7) is 4.61. The van der Waals surface area contributed by atoms with Crippen LogP contribution in [0.1, 0.15) is 56.6 Å². The summed E-state index contributed by atoms with van der Waals surface area (Å²) in [5.41, 5.74) is 1.91. The maximum Gasteiger partial charge on any atom is 0.130 e. The quantitative estimate of drug-likeness (QED) is 0.786. The lowest BCUT2D eigenvalue weighted by Crippen LogP contribution is -2.52. The summed E-state index contributed by atoms with van der Waals surface area (Å²) in [7, 11) is 1.74. The Morgan fingerprint density at radius 2 is 2.12 bits per heavy atom. The van der Waals surface area contributed by atoms with Crippen LogP contribution in [0.25, 0.3) is 0 Å². The first-order valence-corrected chi connectivity index (χ1v) is 9.30. The monoisotopic (exact) mass is 324 g/mol. The van der Waals surface area contributed by atoms with Crippen molar-refractivity contribution in [1.82, 2.24) is 0 Å². The number of methoxy groups -OCH3 is 1. The Bertz CT molecular complexity index is 702. The van der Waals surface area contributed by atoms with Crippen LogP contribution >= 0.6 is 0 Å². The fourth-order valence-corrected chi connectivity index (χ4v) is 6.48. The first kappa shape index (κ1) is 16.0. The summed E-state index contributed by atoms with van der Waals surface area (Å²) in [5, 5.41) is 11.1. The molecule has 0 aliphatic heterocycles. The molecule has 0 amide bonds. The fraction of sp³-hybridized carbons (Fsp3) is 0.636. The Hall–Kier alpha value is -1.46. The van der Waals surface area contributed by atoms with E-state index in [-0.39, 0.29) is 5.41 Å². The first-order chi connectivity index (χ1) is 11.4. The van der Waals surface area contributed by atoms with Crippen LogP contribution in [-0.4, -0.2) is 17.8 Å². The Morgan fingerprint density at radius 3 is 2.83 bits per heavy atom. The second kappa shape index (κ2) is 5.27. The van der Waals surface area contributed by atoms with Crippen LogP contribution in [0.15, 0.2) is 18.2 Å². The van der Waals surface area contributed by atoms with Crippen LogP contribution in [0, 0.1) is 35.5 Å². The Kier molecular flexibility index (Phi) is 3.52.